The molecule has 0 bridgehead atoms. The third-order valence-corrected chi connectivity index (χ3v) is 4.62. The minimum absolute atomic E-state index is 0.0845. The van der Waals surface area contributed by atoms with E-state index in [9.17, 15) is 0 Å². The van der Waals surface area contributed by atoms with Crippen LogP contribution in [0.25, 0.3) is 0 Å². The van der Waals surface area contributed by atoms with Crippen LogP contribution in [-0.4, -0.2) is 5.71 Å². The fraction of sp³-hybridized carbons (Fsp3) is 0.0952. The van der Waals surface area contributed by atoms with E-state index in [0.717, 1.165) is 39.7 Å². The fourth-order valence-corrected chi connectivity index (χ4v) is 3.34. The molecule has 0 radical (unpaired) electrons. The number of nitrogens with one attached hydrogen (secondary N) is 1. The number of hydrogen-bond acceptors (Lipinski definition) is 2. The van der Waals surface area contributed by atoms with Gasteiger partial charge in [0.1, 0.15) is 0 Å². The van der Waals surface area contributed by atoms with Gasteiger partial charge in [-0.3, -0.25) is 4.99 Å². The van der Waals surface area contributed by atoms with Crippen molar-refractivity contribution in [3.63, 3.8) is 0 Å². The Balaban J connectivity index is 1.83. The van der Waals surface area contributed by atoms with Gasteiger partial charge in [-0.15, -0.1) is 0 Å². The van der Waals surface area contributed by atoms with E-state index in [-0.39, 0.29) is 6.04 Å². The van der Waals surface area contributed by atoms with Crippen LogP contribution in [0, 0.1) is 0 Å². The van der Waals surface area contributed by atoms with E-state index in [4.69, 9.17) is 16.6 Å². The van der Waals surface area contributed by atoms with Gasteiger partial charge < -0.3 is 5.32 Å². The molecule has 0 saturated carbocycles. The Labute approximate surface area is 146 Å². The van der Waals surface area contributed by atoms with Gasteiger partial charge in [-0.2, -0.15) is 0 Å². The number of fused-ring (bicyclic) bond motifs is 1. The van der Waals surface area contributed by atoms with Crippen LogP contribution < -0.4 is 5.32 Å². The molecule has 0 saturated heterocycles. The van der Waals surface area contributed by atoms with Crippen LogP contribution in [0.3, 0.4) is 0 Å². The first-order valence-electron chi connectivity index (χ1n) is 8.04. The topological polar surface area (TPSA) is 24.4 Å². The van der Waals surface area contributed by atoms with Crippen LogP contribution >= 0.6 is 11.6 Å². The molecule has 24 heavy (non-hydrogen) atoms. The van der Waals surface area contributed by atoms with E-state index in [0.29, 0.717) is 0 Å². The first-order chi connectivity index (χ1) is 11.8. The van der Waals surface area contributed by atoms with Crippen LogP contribution in [0.5, 0.6) is 0 Å². The highest BCUT2D eigenvalue weighted by Gasteiger charge is 2.22. The predicted molar refractivity (Wildman–Crippen MR) is 102 cm³/mol. The van der Waals surface area contributed by atoms with Crippen molar-refractivity contribution in [3.05, 3.63) is 95.0 Å². The Bertz CT molecular complexity index is 887. The first kappa shape index (κ1) is 15.0. The zero-order valence-corrected chi connectivity index (χ0v) is 13.9. The summed E-state index contributed by atoms with van der Waals surface area (Å²) in [6.45, 7) is 0. The molecule has 1 heterocycles. The van der Waals surface area contributed by atoms with Crippen LogP contribution in [-0.2, 0) is 0 Å². The standard InChI is InChI=1S/C21H17ClN2/c22-17-11-5-4-10-16(17)21-14-20(15-8-2-1-3-9-15)23-18-12-6-7-13-19(18)24-21/h1-13,21,24H,14H2/t21-/m0/s1. The van der Waals surface area contributed by atoms with E-state index in [1.54, 1.807) is 0 Å². The largest absolute Gasteiger partial charge is 0.376 e. The number of hydrogen-bond donors (Lipinski definition) is 1. The molecule has 1 aliphatic rings. The molecule has 118 valence electrons. The first-order valence-corrected chi connectivity index (χ1v) is 8.42. The van der Waals surface area contributed by atoms with Crippen molar-refractivity contribution < 1.29 is 0 Å². The number of benzene rings is 3. The smallest absolute Gasteiger partial charge is 0.0864 e. The van der Waals surface area contributed by atoms with Crippen molar-refractivity contribution in [2.45, 2.75) is 12.5 Å². The Kier molecular flexibility index (Phi) is 4.06. The van der Waals surface area contributed by atoms with Gasteiger partial charge in [-0.1, -0.05) is 72.3 Å². The molecule has 0 aromatic heterocycles. The zero-order valence-electron chi connectivity index (χ0n) is 13.1. The van der Waals surface area contributed by atoms with Crippen molar-refractivity contribution in [1.29, 1.82) is 0 Å². The maximum atomic E-state index is 6.45. The normalized spacial score (nSPS) is 16.5. The Morgan fingerprint density at radius 3 is 2.38 bits per heavy atom. The monoisotopic (exact) mass is 332 g/mol. The number of halogens is 1. The molecule has 2 nitrogen and oxygen atoms in total. The molecule has 0 unspecified atom stereocenters. The average molecular weight is 333 g/mol. The lowest BCUT2D eigenvalue weighted by molar-refractivity contribution is 0.829. The summed E-state index contributed by atoms with van der Waals surface area (Å²) in [5.41, 5.74) is 5.31. The lowest BCUT2D eigenvalue weighted by atomic mass is 9.97. The summed E-state index contributed by atoms with van der Waals surface area (Å²) in [4.78, 5) is 4.93. The second-order valence-electron chi connectivity index (χ2n) is 5.86. The molecular weight excluding hydrogens is 316 g/mol. The molecule has 3 heteroatoms. The number of anilines is 1. The van der Waals surface area contributed by atoms with Crippen LogP contribution in [0.15, 0.2) is 83.9 Å². The molecule has 3 aromatic carbocycles. The molecule has 4 rings (SSSR count). The molecular formula is C21H17ClN2. The highest BCUT2D eigenvalue weighted by molar-refractivity contribution is 6.31. The van der Waals surface area contributed by atoms with Crippen LogP contribution in [0.2, 0.25) is 5.02 Å². The highest BCUT2D eigenvalue weighted by Crippen LogP contribution is 2.37. The summed E-state index contributed by atoms with van der Waals surface area (Å²) in [7, 11) is 0. The minimum Gasteiger partial charge on any atom is -0.376 e. The van der Waals surface area contributed by atoms with Gasteiger partial charge in [0.2, 0.25) is 0 Å². The van der Waals surface area contributed by atoms with Gasteiger partial charge in [0, 0.05) is 11.4 Å². The van der Waals surface area contributed by atoms with Crippen molar-refractivity contribution in [2.24, 2.45) is 4.99 Å². The lowest BCUT2D eigenvalue weighted by Crippen LogP contribution is -2.14. The van der Waals surface area contributed by atoms with Gasteiger partial charge in [-0.25, -0.2) is 0 Å². The molecule has 1 aliphatic heterocycles. The summed E-state index contributed by atoms with van der Waals surface area (Å²) in [6.07, 6.45) is 0.780. The third kappa shape index (κ3) is 2.93. The number of aliphatic imine (C=N–C) groups is 1. The third-order valence-electron chi connectivity index (χ3n) is 4.27. The number of rotatable bonds is 2. The molecule has 0 fully saturated rings. The summed E-state index contributed by atoms with van der Waals surface area (Å²) in [6, 6.07) is 26.6. The van der Waals surface area contributed by atoms with Crippen LogP contribution in [0.1, 0.15) is 23.6 Å². The van der Waals surface area contributed by atoms with E-state index >= 15 is 0 Å². The molecule has 0 amide bonds. The maximum absolute atomic E-state index is 6.45. The SMILES string of the molecule is Clc1ccccc1[C@@H]1CC(c2ccccc2)=Nc2ccccc2N1. The predicted octanol–water partition coefficient (Wildman–Crippen LogP) is 6.02. The number of para-hydroxylation sites is 2. The van der Waals surface area contributed by atoms with E-state index < -0.39 is 0 Å². The Morgan fingerprint density at radius 2 is 1.54 bits per heavy atom. The average Bonchev–Trinajstić information content (AvgIpc) is 2.82. The molecule has 3 aromatic rings. The maximum Gasteiger partial charge on any atom is 0.0864 e. The molecule has 0 spiro atoms. The summed E-state index contributed by atoms with van der Waals surface area (Å²) in [5, 5.41) is 4.40. The Morgan fingerprint density at radius 1 is 0.833 bits per heavy atom. The van der Waals surface area contributed by atoms with Crippen molar-refractivity contribution >= 4 is 28.7 Å². The van der Waals surface area contributed by atoms with Gasteiger partial charge in [0.05, 0.1) is 23.1 Å². The lowest BCUT2D eigenvalue weighted by Gasteiger charge is -2.20. The summed E-state index contributed by atoms with van der Waals surface area (Å²) < 4.78 is 0. The summed E-state index contributed by atoms with van der Waals surface area (Å²) in [5.74, 6) is 0. The van der Waals surface area contributed by atoms with Crippen LogP contribution in [0.4, 0.5) is 11.4 Å². The van der Waals surface area contributed by atoms with Gasteiger partial charge in [0.25, 0.3) is 0 Å². The van der Waals surface area contributed by atoms with E-state index in [2.05, 4.69) is 29.6 Å². The van der Waals surface area contributed by atoms with Gasteiger partial charge in [-0.05, 0) is 29.3 Å². The molecule has 1 N–H and O–H groups in total. The van der Waals surface area contributed by atoms with Crippen molar-refractivity contribution in [3.8, 4) is 0 Å². The molecule has 1 atom stereocenters. The zero-order chi connectivity index (χ0) is 16.4. The molecule has 0 aliphatic carbocycles. The van der Waals surface area contributed by atoms with E-state index in [1.165, 1.54) is 0 Å². The second-order valence-corrected chi connectivity index (χ2v) is 6.27. The van der Waals surface area contributed by atoms with Gasteiger partial charge in [0.15, 0.2) is 0 Å². The summed E-state index contributed by atoms with van der Waals surface area (Å²) >= 11 is 6.45. The fourth-order valence-electron chi connectivity index (χ4n) is 3.07. The van der Waals surface area contributed by atoms with Crippen molar-refractivity contribution in [1.82, 2.24) is 0 Å². The van der Waals surface area contributed by atoms with Gasteiger partial charge >= 0.3 is 0 Å². The van der Waals surface area contributed by atoms with Crippen molar-refractivity contribution in [2.75, 3.05) is 5.32 Å². The quantitative estimate of drug-likeness (QED) is 0.610. The highest BCUT2D eigenvalue weighted by atomic mass is 35.5. The van der Waals surface area contributed by atoms with E-state index in [1.807, 2.05) is 54.6 Å². The number of nitrogens with zero attached hydrogens (tertiary/aromatic N) is 1. The second kappa shape index (κ2) is 6.50. The minimum atomic E-state index is 0.0845. The Hall–Kier alpha value is -2.58.